The summed E-state index contributed by atoms with van der Waals surface area (Å²) in [5.41, 5.74) is 3.94. The molecule has 5 rings (SSSR count). The second kappa shape index (κ2) is 10.7. The van der Waals surface area contributed by atoms with E-state index in [0.29, 0.717) is 11.4 Å². The second-order valence-electron chi connectivity index (χ2n) is 10.0. The van der Waals surface area contributed by atoms with Crippen LogP contribution in [0.25, 0.3) is 28.3 Å². The molecule has 1 aliphatic rings. The first-order valence-electron chi connectivity index (χ1n) is 12.6. The first-order chi connectivity index (χ1) is 19.4. The van der Waals surface area contributed by atoms with Crippen LogP contribution in [0.5, 0.6) is 0 Å². The smallest absolute Gasteiger partial charge is 0.420 e. The molecular formula is C29H25F4N5O3. The van der Waals surface area contributed by atoms with E-state index in [2.05, 4.69) is 15.3 Å². The number of alkyl halides is 4. The molecule has 4 aromatic rings. The number of furan rings is 1. The molecular weight excluding hydrogens is 542 g/mol. The van der Waals surface area contributed by atoms with E-state index in [4.69, 9.17) is 10.2 Å². The summed E-state index contributed by atoms with van der Waals surface area (Å²) in [6, 6.07) is 10.0. The minimum atomic E-state index is -4.73. The van der Waals surface area contributed by atoms with E-state index in [1.165, 1.54) is 60.6 Å². The van der Waals surface area contributed by atoms with Crippen LogP contribution in [-0.4, -0.2) is 45.4 Å². The van der Waals surface area contributed by atoms with Crippen LogP contribution in [0, 0.1) is 0 Å². The van der Waals surface area contributed by atoms with E-state index in [9.17, 15) is 27.2 Å². The number of anilines is 1. The number of amides is 2. The Kier molecular flexibility index (Phi) is 7.24. The Bertz CT molecular complexity index is 1630. The van der Waals surface area contributed by atoms with E-state index >= 15 is 0 Å². The lowest BCUT2D eigenvalue weighted by Crippen LogP contribution is -2.31. The molecule has 1 fully saturated rings. The molecule has 1 saturated heterocycles. The Labute approximate surface area is 231 Å². The summed E-state index contributed by atoms with van der Waals surface area (Å²) in [6.45, 7) is 1.54. The first kappa shape index (κ1) is 27.8. The number of nitrogens with two attached hydrogens (primary N) is 1. The summed E-state index contributed by atoms with van der Waals surface area (Å²) < 4.78 is 61.6. The molecule has 8 nitrogen and oxygen atoms in total. The molecule has 4 heterocycles. The average Bonchev–Trinajstić information content (AvgIpc) is 3.52. The maximum Gasteiger partial charge on any atom is 0.420 e. The number of carbonyl (C=O) groups is 2. The number of hydrogen-bond donors (Lipinski definition) is 2. The van der Waals surface area contributed by atoms with Crippen molar-refractivity contribution >= 4 is 34.7 Å². The maximum absolute atomic E-state index is 14.1. The molecule has 1 atom stereocenters. The highest BCUT2D eigenvalue weighted by Gasteiger charge is 2.37. The summed E-state index contributed by atoms with van der Waals surface area (Å²) in [6.07, 6.45) is 1.04. The minimum Gasteiger partial charge on any atom is -0.459 e. The predicted octanol–water partition coefficient (Wildman–Crippen LogP) is 5.39. The summed E-state index contributed by atoms with van der Waals surface area (Å²) in [5.74, 6) is -0.413. The van der Waals surface area contributed by atoms with E-state index < -0.39 is 29.2 Å². The zero-order chi connectivity index (χ0) is 29.4. The number of nitrogen functional groups attached to an aromatic ring is 1. The lowest BCUT2D eigenvalue weighted by Gasteiger charge is -2.17. The van der Waals surface area contributed by atoms with Crippen LogP contribution in [0.15, 0.2) is 65.4 Å². The summed E-state index contributed by atoms with van der Waals surface area (Å²) in [7, 11) is 0. The summed E-state index contributed by atoms with van der Waals surface area (Å²) >= 11 is 0. The van der Waals surface area contributed by atoms with Crippen molar-refractivity contribution in [3.63, 3.8) is 0 Å². The van der Waals surface area contributed by atoms with E-state index in [-0.39, 0.29) is 59.6 Å². The van der Waals surface area contributed by atoms with Gasteiger partial charge in [-0.2, -0.15) is 13.2 Å². The molecule has 0 bridgehead atoms. The van der Waals surface area contributed by atoms with Crippen LogP contribution in [0.2, 0.25) is 0 Å². The van der Waals surface area contributed by atoms with E-state index in [1.807, 2.05) is 0 Å². The number of pyridine rings is 2. The monoisotopic (exact) mass is 567 g/mol. The van der Waals surface area contributed by atoms with Gasteiger partial charge < -0.3 is 20.4 Å². The minimum absolute atomic E-state index is 0.0289. The van der Waals surface area contributed by atoms with Crippen molar-refractivity contribution in [1.29, 1.82) is 0 Å². The molecule has 1 unspecified atom stereocenters. The Morgan fingerprint density at radius 2 is 1.95 bits per heavy atom. The molecule has 12 heteroatoms. The number of nitrogens with zero attached hydrogens (tertiary/aromatic N) is 3. The Hall–Kier alpha value is -4.74. The zero-order valence-electron chi connectivity index (χ0n) is 21.8. The first-order valence-corrected chi connectivity index (χ1v) is 12.6. The molecule has 2 amide bonds. The molecule has 1 aliphatic heterocycles. The predicted molar refractivity (Wildman–Crippen MR) is 144 cm³/mol. The van der Waals surface area contributed by atoms with Gasteiger partial charge in [0.1, 0.15) is 22.8 Å². The van der Waals surface area contributed by atoms with Crippen LogP contribution in [0.4, 0.5) is 23.4 Å². The van der Waals surface area contributed by atoms with Crippen LogP contribution in [0.1, 0.15) is 40.6 Å². The zero-order valence-corrected chi connectivity index (χ0v) is 21.8. The number of aromatic nitrogens is 2. The lowest BCUT2D eigenvalue weighted by molar-refractivity contribution is -0.136. The Balaban J connectivity index is 1.34. The fourth-order valence-electron chi connectivity index (χ4n) is 4.54. The van der Waals surface area contributed by atoms with Crippen molar-refractivity contribution in [2.75, 3.05) is 18.8 Å². The van der Waals surface area contributed by atoms with Gasteiger partial charge in [-0.3, -0.25) is 14.6 Å². The molecule has 212 valence electrons. The third kappa shape index (κ3) is 6.37. The highest BCUT2D eigenvalue weighted by atomic mass is 19.4. The van der Waals surface area contributed by atoms with Gasteiger partial charge in [-0.1, -0.05) is 0 Å². The Morgan fingerprint density at radius 3 is 2.59 bits per heavy atom. The van der Waals surface area contributed by atoms with Gasteiger partial charge in [0.2, 0.25) is 5.91 Å². The normalized spacial score (nSPS) is 17.4. The van der Waals surface area contributed by atoms with Gasteiger partial charge in [0.05, 0.1) is 29.9 Å². The molecule has 3 aromatic heterocycles. The van der Waals surface area contributed by atoms with Crippen molar-refractivity contribution in [3.8, 4) is 11.3 Å². The molecule has 0 radical (unpaired) electrons. The van der Waals surface area contributed by atoms with Gasteiger partial charge >= 0.3 is 6.18 Å². The van der Waals surface area contributed by atoms with Crippen molar-refractivity contribution in [2.24, 2.45) is 0 Å². The van der Waals surface area contributed by atoms with Crippen LogP contribution in [-0.2, 0) is 17.5 Å². The van der Waals surface area contributed by atoms with Gasteiger partial charge in [0.25, 0.3) is 5.91 Å². The molecule has 41 heavy (non-hydrogen) atoms. The number of rotatable bonds is 6. The second-order valence-corrected chi connectivity index (χ2v) is 10.0. The highest BCUT2D eigenvalue weighted by Crippen LogP contribution is 2.39. The number of hydrogen-bond acceptors (Lipinski definition) is 6. The summed E-state index contributed by atoms with van der Waals surface area (Å²) in [5, 5.41) is 2.74. The summed E-state index contributed by atoms with van der Waals surface area (Å²) in [4.78, 5) is 34.4. The molecule has 1 aromatic carbocycles. The highest BCUT2D eigenvalue weighted by molar-refractivity contribution is 5.95. The fraction of sp³-hybridized carbons (Fsp3) is 0.241. The lowest BCUT2D eigenvalue weighted by atomic mass is 10.0. The van der Waals surface area contributed by atoms with Gasteiger partial charge in [-0.05, 0) is 61.0 Å². The molecule has 3 N–H and O–H groups in total. The van der Waals surface area contributed by atoms with Crippen molar-refractivity contribution in [2.45, 2.75) is 31.7 Å². The van der Waals surface area contributed by atoms with Crippen LogP contribution >= 0.6 is 0 Å². The maximum atomic E-state index is 14.1. The number of carbonyl (C=O) groups excluding carboxylic acids is 2. The SMILES string of the molecule is CC1(F)CCN(C(=O)c2ccc(-c3cc(C(F)(F)F)c4oc(CNC(=O)/C=C/c5ccc(N)nc5)cc4c3)nc2)C1. The quantitative estimate of drug-likeness (QED) is 0.238. The standard InChI is InChI=1S/C29H25F4N5O3/c1-28(30)8-9-38(16-28)27(40)18-4-5-23(35-14-18)19-10-20-11-21(41-26(20)22(12-19)29(31,32)33)15-37-25(39)7-3-17-2-6-24(34)36-13-17/h2-7,10-14H,8-9,15-16H2,1H3,(H2,34,36)(H,37,39)/b7-3+. The van der Waals surface area contributed by atoms with E-state index in [1.54, 1.807) is 12.1 Å². The van der Waals surface area contributed by atoms with E-state index in [0.717, 1.165) is 6.07 Å². The Morgan fingerprint density at radius 1 is 1.15 bits per heavy atom. The molecule has 0 saturated carbocycles. The molecule has 0 aliphatic carbocycles. The molecule has 0 spiro atoms. The van der Waals surface area contributed by atoms with Crippen LogP contribution < -0.4 is 11.1 Å². The van der Waals surface area contributed by atoms with Gasteiger partial charge in [-0.25, -0.2) is 9.37 Å². The number of fused-ring (bicyclic) bond motifs is 1. The number of likely N-dealkylation sites (tertiary alicyclic amines) is 1. The third-order valence-electron chi connectivity index (χ3n) is 6.66. The largest absolute Gasteiger partial charge is 0.459 e. The van der Waals surface area contributed by atoms with Crippen molar-refractivity contribution in [1.82, 2.24) is 20.2 Å². The number of nitrogens with one attached hydrogen (secondary N) is 1. The number of halogens is 4. The topological polar surface area (TPSA) is 114 Å². The van der Waals surface area contributed by atoms with Crippen molar-refractivity contribution in [3.05, 3.63) is 83.4 Å². The van der Waals surface area contributed by atoms with Crippen LogP contribution in [0.3, 0.4) is 0 Å². The van der Waals surface area contributed by atoms with Gasteiger partial charge in [0.15, 0.2) is 0 Å². The fourth-order valence-corrected chi connectivity index (χ4v) is 4.54. The van der Waals surface area contributed by atoms with Gasteiger partial charge in [-0.15, -0.1) is 0 Å². The third-order valence-corrected chi connectivity index (χ3v) is 6.66. The number of benzene rings is 1. The van der Waals surface area contributed by atoms with Gasteiger partial charge in [0, 0.05) is 42.4 Å². The average molecular weight is 568 g/mol. The van der Waals surface area contributed by atoms with Crippen molar-refractivity contribution < 1.29 is 31.6 Å².